The quantitative estimate of drug-likeness (QED) is 0.170. The highest BCUT2D eigenvalue weighted by molar-refractivity contribution is 6.76. The summed E-state index contributed by atoms with van der Waals surface area (Å²) in [6.45, 7) is 16.8. The van der Waals surface area contributed by atoms with Gasteiger partial charge in [0.25, 0.3) is 0 Å². The van der Waals surface area contributed by atoms with E-state index < -0.39 is 31.6 Å². The zero-order valence-corrected chi connectivity index (χ0v) is 33.5. The van der Waals surface area contributed by atoms with E-state index in [1.165, 1.54) is 0 Å². The second kappa shape index (κ2) is 14.2. The van der Waals surface area contributed by atoms with Gasteiger partial charge in [0.15, 0.2) is 5.82 Å². The Bertz CT molecular complexity index is 2120. The van der Waals surface area contributed by atoms with Crippen LogP contribution in [0.25, 0.3) is 32.9 Å². The molecule has 7 rings (SSSR count). The Kier molecular flexibility index (Phi) is 10.3. The summed E-state index contributed by atoms with van der Waals surface area (Å²) >= 11 is 13.0. The van der Waals surface area contributed by atoms with Crippen molar-refractivity contribution < 1.29 is 23.5 Å². The molecule has 276 valence electrons. The number of carbonyl (C=O) groups excluding carboxylic acids is 2. The molecule has 13 heteroatoms. The van der Waals surface area contributed by atoms with E-state index in [-0.39, 0.29) is 53.0 Å². The summed E-state index contributed by atoms with van der Waals surface area (Å²) in [5, 5.41) is 14.5. The number of alkyl carbamates (subject to hydrolysis) is 1. The molecule has 0 spiro atoms. The Morgan fingerprint density at radius 3 is 2.60 bits per heavy atom. The van der Waals surface area contributed by atoms with Gasteiger partial charge in [-0.2, -0.15) is 5.26 Å². The molecular weight excluding hydrogens is 720 g/mol. The van der Waals surface area contributed by atoms with Crippen molar-refractivity contribution in [1.29, 1.82) is 5.26 Å². The molecule has 1 saturated carbocycles. The summed E-state index contributed by atoms with van der Waals surface area (Å²) in [6, 6.07) is 11.2. The molecule has 3 fully saturated rings. The number of pyridine rings is 1. The van der Waals surface area contributed by atoms with Gasteiger partial charge in [0, 0.05) is 60.2 Å². The maximum atomic E-state index is 17.1. The first kappa shape index (κ1) is 37.9. The summed E-state index contributed by atoms with van der Waals surface area (Å²) < 4.78 is 30.7. The summed E-state index contributed by atoms with van der Waals surface area (Å²) in [4.78, 5) is 33.1. The van der Waals surface area contributed by atoms with Crippen LogP contribution in [-0.4, -0.2) is 59.5 Å². The first-order valence-corrected chi connectivity index (χ1v) is 22.3. The maximum absolute atomic E-state index is 17.1. The number of rotatable bonds is 9. The lowest BCUT2D eigenvalue weighted by molar-refractivity contribution is 0.0209. The monoisotopic (exact) mass is 765 g/mol. The minimum atomic E-state index is -1.41. The fourth-order valence-corrected chi connectivity index (χ4v) is 8.69. The number of hydrogen-bond acceptors (Lipinski definition) is 6. The standard InChI is InChI=1S/C39H46Cl2FN5O4Si/c1-21-26-19-29(22(2)45-37(48)50-15-16-52(6,7)8)47(35-24-18-30(35)46(20-24)38(49)51-39(3,4)5)36(26)27-17-23(11-10-14-43)31(33(42)34(27)44-21)25-12-9-13-28(40)32(25)41/h9,12-13,17,19,22,24,30,35H,10-11,15-16,18,20H2,1-8H3,(H,45,48)/t22-,24-,30-,35+/m1/s1. The fraction of sp³-hybridized carbons (Fsp3) is 0.487. The summed E-state index contributed by atoms with van der Waals surface area (Å²) in [5.74, 6) is -0.447. The van der Waals surface area contributed by atoms with E-state index in [9.17, 15) is 14.9 Å². The van der Waals surface area contributed by atoms with Crippen molar-refractivity contribution >= 4 is 65.3 Å². The van der Waals surface area contributed by atoms with Gasteiger partial charge < -0.3 is 24.3 Å². The second-order valence-corrected chi connectivity index (χ2v) is 22.7. The number of aryl methyl sites for hydroxylation is 2. The Labute approximate surface area is 315 Å². The third-order valence-corrected chi connectivity index (χ3v) is 12.6. The first-order chi connectivity index (χ1) is 24.4. The number of nitrogens with one attached hydrogen (secondary N) is 1. The van der Waals surface area contributed by atoms with Crippen LogP contribution < -0.4 is 5.32 Å². The highest BCUT2D eigenvalue weighted by Crippen LogP contribution is 2.53. The zero-order valence-electron chi connectivity index (χ0n) is 31.0. The molecule has 4 aromatic rings. The van der Waals surface area contributed by atoms with E-state index in [1.54, 1.807) is 23.1 Å². The van der Waals surface area contributed by atoms with Gasteiger partial charge >= 0.3 is 12.2 Å². The molecule has 2 amide bonds. The van der Waals surface area contributed by atoms with E-state index in [0.717, 1.165) is 29.1 Å². The Morgan fingerprint density at radius 2 is 1.92 bits per heavy atom. The molecule has 52 heavy (non-hydrogen) atoms. The van der Waals surface area contributed by atoms with E-state index >= 15 is 4.39 Å². The topological polar surface area (TPSA) is 109 Å². The lowest BCUT2D eigenvalue weighted by Crippen LogP contribution is -2.45. The fourth-order valence-electron chi connectivity index (χ4n) is 7.58. The van der Waals surface area contributed by atoms with Crippen molar-refractivity contribution in [2.24, 2.45) is 5.92 Å². The second-order valence-electron chi connectivity index (χ2n) is 16.3. The van der Waals surface area contributed by atoms with E-state index in [2.05, 4.69) is 35.6 Å². The predicted molar refractivity (Wildman–Crippen MR) is 206 cm³/mol. The van der Waals surface area contributed by atoms with E-state index in [4.69, 9.17) is 37.7 Å². The Hall–Kier alpha value is -3.85. The third-order valence-electron chi connectivity index (χ3n) is 10.1. The number of nitrogens with zero attached hydrogens (tertiary/aromatic N) is 4. The number of hydrogen-bond donors (Lipinski definition) is 1. The first-order valence-electron chi connectivity index (χ1n) is 17.8. The molecule has 4 heterocycles. The number of aromatic nitrogens is 2. The average Bonchev–Trinajstić information content (AvgIpc) is 3.75. The molecule has 9 nitrogen and oxygen atoms in total. The molecular formula is C39H46Cl2FN5O4Si. The van der Waals surface area contributed by atoms with Crippen LogP contribution in [0.4, 0.5) is 14.0 Å². The number of benzene rings is 2. The van der Waals surface area contributed by atoms with Crippen molar-refractivity contribution in [2.45, 2.75) is 103 Å². The largest absolute Gasteiger partial charge is 0.450 e. The lowest BCUT2D eigenvalue weighted by atomic mass is 9.79. The van der Waals surface area contributed by atoms with E-state index in [0.29, 0.717) is 40.4 Å². The number of nitriles is 1. The Balaban J connectivity index is 1.54. The maximum Gasteiger partial charge on any atom is 0.410 e. The van der Waals surface area contributed by atoms with Crippen LogP contribution in [0.5, 0.6) is 0 Å². The highest BCUT2D eigenvalue weighted by Gasteiger charge is 2.56. The van der Waals surface area contributed by atoms with Gasteiger partial charge in [0.2, 0.25) is 0 Å². The SMILES string of the molecule is Cc1nc2c(F)c(-c3cccc(Cl)c3Cl)c(CCC#N)cc2c2c1cc([C@@H](C)NC(=O)OCC[Si](C)(C)C)n2[C@H]1[C@@H]2C[C@H]1N(C(=O)OC(C)(C)C)C2. The lowest BCUT2D eigenvalue weighted by Gasteiger charge is -2.40. The van der Waals surface area contributed by atoms with Gasteiger partial charge in [-0.05, 0) is 77.3 Å². The van der Waals surface area contributed by atoms with Gasteiger partial charge in [-0.25, -0.2) is 19.0 Å². The number of ether oxygens (including phenoxy) is 2. The number of carbonyl (C=O) groups is 2. The van der Waals surface area contributed by atoms with E-state index in [1.807, 2.05) is 46.8 Å². The molecule has 4 atom stereocenters. The molecule has 0 unspecified atom stereocenters. The van der Waals surface area contributed by atoms with Gasteiger partial charge in [-0.1, -0.05) is 55.0 Å². The number of halogens is 3. The molecule has 3 aliphatic rings. The van der Waals surface area contributed by atoms with Crippen LogP contribution in [0.2, 0.25) is 35.7 Å². The molecule has 2 aliphatic heterocycles. The smallest absolute Gasteiger partial charge is 0.410 e. The van der Waals surface area contributed by atoms with Crippen LogP contribution in [0.3, 0.4) is 0 Å². The molecule has 2 aromatic heterocycles. The summed E-state index contributed by atoms with van der Waals surface area (Å²) in [7, 11) is -1.41. The van der Waals surface area contributed by atoms with Gasteiger partial charge in [0.1, 0.15) is 11.1 Å². The van der Waals surface area contributed by atoms with Gasteiger partial charge in [-0.3, -0.25) is 0 Å². The Morgan fingerprint density at radius 1 is 1.19 bits per heavy atom. The molecule has 2 saturated heterocycles. The van der Waals surface area contributed by atoms with Crippen LogP contribution >= 0.6 is 23.2 Å². The van der Waals surface area contributed by atoms with Gasteiger partial charge in [-0.15, -0.1) is 0 Å². The van der Waals surface area contributed by atoms with Crippen LogP contribution in [0.15, 0.2) is 30.3 Å². The van der Waals surface area contributed by atoms with Crippen LogP contribution in [0, 0.1) is 30.0 Å². The molecule has 2 bridgehead atoms. The normalized spacial score (nSPS) is 19.0. The van der Waals surface area contributed by atoms with Gasteiger partial charge in [0.05, 0.1) is 46.4 Å². The zero-order chi connectivity index (χ0) is 37.9. The third kappa shape index (κ3) is 7.22. The highest BCUT2D eigenvalue weighted by atomic mass is 35.5. The number of amides is 2. The average molecular weight is 767 g/mol. The summed E-state index contributed by atoms with van der Waals surface area (Å²) in [6.07, 6.45) is 0.344. The summed E-state index contributed by atoms with van der Waals surface area (Å²) in [5.41, 5.74) is 2.94. The van der Waals surface area contributed by atoms with Crippen LogP contribution in [0.1, 0.15) is 69.6 Å². The minimum Gasteiger partial charge on any atom is -0.450 e. The van der Waals surface area contributed by atoms with Crippen molar-refractivity contribution in [2.75, 3.05) is 13.2 Å². The molecule has 0 radical (unpaired) electrons. The predicted octanol–water partition coefficient (Wildman–Crippen LogP) is 10.4. The van der Waals surface area contributed by atoms with Crippen LogP contribution in [-0.2, 0) is 15.9 Å². The minimum absolute atomic E-state index is 0.110. The number of fused-ring (bicyclic) bond motifs is 4. The molecule has 1 N–H and O–H groups in total. The van der Waals surface area contributed by atoms with Crippen molar-refractivity contribution in [3.63, 3.8) is 0 Å². The van der Waals surface area contributed by atoms with Crippen molar-refractivity contribution in [1.82, 2.24) is 19.8 Å². The molecule has 1 aliphatic carbocycles. The molecule has 2 aromatic carbocycles. The van der Waals surface area contributed by atoms with Crippen molar-refractivity contribution in [3.05, 3.63) is 63.1 Å². The van der Waals surface area contributed by atoms with Crippen molar-refractivity contribution in [3.8, 4) is 17.2 Å².